The molecule has 36 heavy (non-hydrogen) atoms. The second kappa shape index (κ2) is 9.73. The summed E-state index contributed by atoms with van der Waals surface area (Å²) in [6, 6.07) is 17.2. The van der Waals surface area contributed by atoms with Gasteiger partial charge in [-0.05, 0) is 62.3 Å². The number of nitrogens with two attached hydrogens (primary N) is 1. The molecule has 5 heterocycles. The molecule has 1 aliphatic rings. The van der Waals surface area contributed by atoms with Gasteiger partial charge in [-0.15, -0.1) is 11.3 Å². The number of amides is 1. The lowest BCUT2D eigenvalue weighted by atomic mass is 10.2. The van der Waals surface area contributed by atoms with Crippen molar-refractivity contribution in [2.45, 2.75) is 19.4 Å². The zero-order valence-electron chi connectivity index (χ0n) is 19.5. The number of hydrogen-bond donors (Lipinski definition) is 3. The van der Waals surface area contributed by atoms with Crippen LogP contribution in [0, 0.1) is 0 Å². The smallest absolute Gasteiger partial charge is 0.265 e. The summed E-state index contributed by atoms with van der Waals surface area (Å²) < 4.78 is 2.23. The fourth-order valence-electron chi connectivity index (χ4n) is 4.45. The minimum atomic E-state index is -0.193. The van der Waals surface area contributed by atoms with Gasteiger partial charge in [0.05, 0.1) is 38.0 Å². The lowest BCUT2D eigenvalue weighted by Gasteiger charge is -2.16. The Kier molecular flexibility index (Phi) is 6.14. The van der Waals surface area contributed by atoms with Crippen LogP contribution in [0.4, 0.5) is 21.5 Å². The largest absolute Gasteiger partial charge is 0.397 e. The number of fused-ring (bicyclic) bond motifs is 1. The van der Waals surface area contributed by atoms with Gasteiger partial charge in [-0.2, -0.15) is 0 Å². The van der Waals surface area contributed by atoms with Gasteiger partial charge in [-0.1, -0.05) is 29.5 Å². The van der Waals surface area contributed by atoms with E-state index in [4.69, 9.17) is 5.73 Å². The normalized spacial score (nSPS) is 13.9. The molecule has 0 unspecified atom stereocenters. The van der Waals surface area contributed by atoms with Crippen molar-refractivity contribution in [1.82, 2.24) is 19.3 Å². The van der Waals surface area contributed by atoms with Crippen LogP contribution in [0.1, 0.15) is 28.2 Å². The first kappa shape index (κ1) is 22.7. The highest BCUT2D eigenvalue weighted by Crippen LogP contribution is 2.34. The van der Waals surface area contributed by atoms with Gasteiger partial charge in [0.2, 0.25) is 0 Å². The summed E-state index contributed by atoms with van der Waals surface area (Å²) in [5.41, 5.74) is 10.3. The number of aromatic nitrogens is 3. The number of nitrogens with zero attached hydrogens (tertiary/aromatic N) is 4. The number of nitrogens with one attached hydrogen (secondary N) is 2. The second-order valence-corrected chi connectivity index (χ2v) is 10.8. The molecule has 6 rings (SSSR count). The second-order valence-electron chi connectivity index (χ2n) is 8.70. The maximum absolute atomic E-state index is 12.7. The van der Waals surface area contributed by atoms with Crippen molar-refractivity contribution in [3.8, 4) is 10.6 Å². The van der Waals surface area contributed by atoms with E-state index in [-0.39, 0.29) is 5.91 Å². The molecule has 10 heteroatoms. The quantitative estimate of drug-likeness (QED) is 0.241. The summed E-state index contributed by atoms with van der Waals surface area (Å²) in [5.74, 6) is -0.193. The number of hydrogen-bond acceptors (Lipinski definition) is 8. The van der Waals surface area contributed by atoms with Crippen molar-refractivity contribution in [3.63, 3.8) is 0 Å². The van der Waals surface area contributed by atoms with Gasteiger partial charge in [0.15, 0.2) is 5.13 Å². The van der Waals surface area contributed by atoms with Gasteiger partial charge in [0.1, 0.15) is 5.65 Å². The van der Waals surface area contributed by atoms with E-state index in [2.05, 4.69) is 42.0 Å². The maximum atomic E-state index is 12.7. The van der Waals surface area contributed by atoms with Crippen LogP contribution in [0.15, 0.2) is 67.0 Å². The van der Waals surface area contributed by atoms with Gasteiger partial charge in [0, 0.05) is 18.4 Å². The molecule has 0 spiro atoms. The molecule has 0 bridgehead atoms. The number of thiophene rings is 1. The highest BCUT2D eigenvalue weighted by atomic mass is 32.1. The summed E-state index contributed by atoms with van der Waals surface area (Å²) in [7, 11) is 0. The molecule has 182 valence electrons. The minimum absolute atomic E-state index is 0.193. The van der Waals surface area contributed by atoms with Crippen LogP contribution in [0.2, 0.25) is 0 Å². The predicted molar refractivity (Wildman–Crippen MR) is 147 cm³/mol. The van der Waals surface area contributed by atoms with Crippen molar-refractivity contribution < 1.29 is 4.79 Å². The molecule has 8 nitrogen and oxygen atoms in total. The van der Waals surface area contributed by atoms with E-state index >= 15 is 0 Å². The van der Waals surface area contributed by atoms with Crippen LogP contribution in [0.5, 0.6) is 0 Å². The number of carbonyl (C=O) groups excluding carboxylic acids is 1. The number of carbonyl (C=O) groups is 1. The third kappa shape index (κ3) is 4.58. The molecule has 0 aliphatic carbocycles. The fourth-order valence-corrected chi connectivity index (χ4v) is 6.14. The number of thiazole rings is 1. The first-order valence-corrected chi connectivity index (χ1v) is 13.4. The zero-order valence-corrected chi connectivity index (χ0v) is 21.1. The Morgan fingerprint density at radius 3 is 2.69 bits per heavy atom. The number of anilines is 4. The van der Waals surface area contributed by atoms with E-state index in [9.17, 15) is 4.79 Å². The van der Waals surface area contributed by atoms with Crippen LogP contribution >= 0.6 is 22.7 Å². The van der Waals surface area contributed by atoms with E-state index in [1.165, 1.54) is 29.9 Å². The fraction of sp³-hybridized carbons (Fsp3) is 0.192. The number of benzene rings is 1. The molecule has 1 aliphatic heterocycles. The average Bonchev–Trinajstić information content (AvgIpc) is 3.68. The Bertz CT molecular complexity index is 1530. The highest BCUT2D eigenvalue weighted by Gasteiger charge is 2.17. The molecule has 0 radical (unpaired) electrons. The summed E-state index contributed by atoms with van der Waals surface area (Å²) in [6.07, 6.45) is 6.33. The van der Waals surface area contributed by atoms with E-state index in [1.54, 1.807) is 29.5 Å². The number of para-hydroxylation sites is 2. The lowest BCUT2D eigenvalue weighted by molar-refractivity contribution is 0.103. The van der Waals surface area contributed by atoms with E-state index in [0.717, 1.165) is 46.0 Å². The number of nitrogen functional groups attached to an aromatic ring is 1. The summed E-state index contributed by atoms with van der Waals surface area (Å²) >= 11 is 2.94. The molecule has 4 aromatic heterocycles. The SMILES string of the molecule is Nc1ccccc1NC(=O)c1ccc(Nc2ncc(-c3cnc4cccc(CN5CCCC5)n34)s2)s1. The Morgan fingerprint density at radius 1 is 0.972 bits per heavy atom. The molecule has 1 aromatic carbocycles. The number of imidazole rings is 1. The number of pyridine rings is 1. The molecule has 1 saturated heterocycles. The van der Waals surface area contributed by atoms with Gasteiger partial charge in [-0.25, -0.2) is 9.97 Å². The Balaban J connectivity index is 1.19. The van der Waals surface area contributed by atoms with Gasteiger partial charge < -0.3 is 16.4 Å². The standard InChI is InChI=1S/C26H25N7OS2/c27-18-7-1-2-8-19(18)30-25(34)21-10-11-24(35-21)31-26-29-15-22(36-26)20-14-28-23-9-5-6-17(33(20)23)16-32-12-3-4-13-32/h1-2,5-11,14-15H,3-4,12-13,16,27H2,(H,29,31)(H,30,34). The lowest BCUT2D eigenvalue weighted by Crippen LogP contribution is -2.20. The number of rotatable bonds is 7. The zero-order chi connectivity index (χ0) is 24.5. The topological polar surface area (TPSA) is 101 Å². The highest BCUT2D eigenvalue weighted by molar-refractivity contribution is 7.20. The molecular formula is C26H25N7OS2. The molecule has 0 saturated carbocycles. The van der Waals surface area contributed by atoms with Crippen molar-refractivity contribution >= 4 is 55.7 Å². The first-order valence-electron chi connectivity index (χ1n) is 11.8. The van der Waals surface area contributed by atoms with Crippen LogP contribution in [0.3, 0.4) is 0 Å². The predicted octanol–water partition coefficient (Wildman–Crippen LogP) is 5.69. The van der Waals surface area contributed by atoms with Crippen molar-refractivity contribution in [3.05, 3.63) is 77.6 Å². The summed E-state index contributed by atoms with van der Waals surface area (Å²) in [6.45, 7) is 3.21. The van der Waals surface area contributed by atoms with Crippen LogP contribution < -0.4 is 16.4 Å². The van der Waals surface area contributed by atoms with Gasteiger partial charge >= 0.3 is 0 Å². The van der Waals surface area contributed by atoms with Crippen LogP contribution in [0.25, 0.3) is 16.2 Å². The van der Waals surface area contributed by atoms with Crippen molar-refractivity contribution in [1.29, 1.82) is 0 Å². The van der Waals surface area contributed by atoms with Crippen LogP contribution in [-0.4, -0.2) is 38.3 Å². The van der Waals surface area contributed by atoms with Gasteiger partial charge in [0.25, 0.3) is 5.91 Å². The molecular weight excluding hydrogens is 490 g/mol. The minimum Gasteiger partial charge on any atom is -0.397 e. The summed E-state index contributed by atoms with van der Waals surface area (Å²) in [4.78, 5) is 26.0. The average molecular weight is 516 g/mol. The third-order valence-electron chi connectivity index (χ3n) is 6.22. The van der Waals surface area contributed by atoms with Gasteiger partial charge in [-0.3, -0.25) is 14.1 Å². The van der Waals surface area contributed by atoms with E-state index in [1.807, 2.05) is 36.7 Å². The molecule has 1 fully saturated rings. The third-order valence-corrected chi connectivity index (χ3v) is 8.16. The molecule has 5 aromatic rings. The Hall–Kier alpha value is -3.73. The van der Waals surface area contributed by atoms with E-state index < -0.39 is 0 Å². The van der Waals surface area contributed by atoms with E-state index in [0.29, 0.717) is 16.3 Å². The summed E-state index contributed by atoms with van der Waals surface area (Å²) in [5, 5.41) is 7.81. The molecule has 1 amide bonds. The molecule has 4 N–H and O–H groups in total. The number of likely N-dealkylation sites (tertiary alicyclic amines) is 1. The molecule has 0 atom stereocenters. The van der Waals surface area contributed by atoms with Crippen LogP contribution in [-0.2, 0) is 6.54 Å². The monoisotopic (exact) mass is 515 g/mol. The first-order chi connectivity index (χ1) is 17.6. The maximum Gasteiger partial charge on any atom is 0.265 e. The van der Waals surface area contributed by atoms with Crippen molar-refractivity contribution in [2.24, 2.45) is 0 Å². The Labute approximate surface area is 216 Å². The van der Waals surface area contributed by atoms with Crippen molar-refractivity contribution in [2.75, 3.05) is 29.5 Å². The Morgan fingerprint density at radius 2 is 1.83 bits per heavy atom.